The first kappa shape index (κ1) is 6.75. The van der Waals surface area contributed by atoms with Gasteiger partial charge in [0.25, 0.3) is 0 Å². The van der Waals surface area contributed by atoms with Crippen molar-refractivity contribution in [3.8, 4) is 0 Å². The molecule has 0 N–H and O–H groups in total. The highest BCUT2D eigenvalue weighted by atomic mass is 16.5. The lowest BCUT2D eigenvalue weighted by Crippen LogP contribution is -2.25. The zero-order valence-electron chi connectivity index (χ0n) is 5.67. The minimum Gasteiger partial charge on any atom is -0.371 e. The highest BCUT2D eigenvalue weighted by Crippen LogP contribution is 2.17. The van der Waals surface area contributed by atoms with Crippen LogP contribution in [0.15, 0.2) is 0 Å². The summed E-state index contributed by atoms with van der Waals surface area (Å²) in [7, 11) is 0. The summed E-state index contributed by atoms with van der Waals surface area (Å²) in [5, 5.41) is 0. The van der Waals surface area contributed by atoms with E-state index in [1.165, 1.54) is 0 Å². The average molecular weight is 128 g/mol. The predicted molar refractivity (Wildman–Crippen MR) is 34.2 cm³/mol. The van der Waals surface area contributed by atoms with Crippen LogP contribution in [0.5, 0.6) is 0 Å². The molecule has 0 bridgehead atoms. The van der Waals surface area contributed by atoms with Gasteiger partial charge in [0.05, 0.1) is 0 Å². The standard InChI is InChI=1S/C7H12O2/c1-6-2-3-9-7(4-6)5-8/h5-7H,2-4H2,1H3/t6-,7-/m0/s1. The van der Waals surface area contributed by atoms with E-state index in [-0.39, 0.29) is 6.10 Å². The normalized spacial score (nSPS) is 36.1. The van der Waals surface area contributed by atoms with Gasteiger partial charge in [-0.25, -0.2) is 0 Å². The van der Waals surface area contributed by atoms with Crippen LogP contribution >= 0.6 is 0 Å². The van der Waals surface area contributed by atoms with E-state index in [2.05, 4.69) is 6.92 Å². The Bertz CT molecular complexity index is 101. The molecule has 52 valence electrons. The number of rotatable bonds is 1. The monoisotopic (exact) mass is 128 g/mol. The first-order valence-electron chi connectivity index (χ1n) is 3.40. The van der Waals surface area contributed by atoms with Crippen LogP contribution in [0.1, 0.15) is 19.8 Å². The minimum absolute atomic E-state index is 0.117. The molecule has 0 amide bonds. The molecule has 0 aromatic rings. The molecule has 1 rings (SSSR count). The number of ether oxygens (including phenoxy) is 1. The fourth-order valence-electron chi connectivity index (χ4n) is 1.10. The van der Waals surface area contributed by atoms with Gasteiger partial charge in [-0.05, 0) is 18.8 Å². The average Bonchev–Trinajstić information content (AvgIpc) is 1.88. The summed E-state index contributed by atoms with van der Waals surface area (Å²) in [6.07, 6.45) is 2.79. The molecule has 0 radical (unpaired) electrons. The molecule has 0 saturated carbocycles. The summed E-state index contributed by atoms with van der Waals surface area (Å²) in [5.41, 5.74) is 0. The molecule has 0 aromatic carbocycles. The Labute approximate surface area is 55.2 Å². The van der Waals surface area contributed by atoms with E-state index in [1.807, 2.05) is 0 Å². The van der Waals surface area contributed by atoms with Gasteiger partial charge < -0.3 is 9.53 Å². The molecule has 2 nitrogen and oxygen atoms in total. The number of carbonyl (C=O) groups excluding carboxylic acids is 1. The van der Waals surface area contributed by atoms with E-state index >= 15 is 0 Å². The lowest BCUT2D eigenvalue weighted by molar-refractivity contribution is -0.122. The van der Waals surface area contributed by atoms with Crippen molar-refractivity contribution in [3.63, 3.8) is 0 Å². The van der Waals surface area contributed by atoms with Crippen LogP contribution < -0.4 is 0 Å². The largest absolute Gasteiger partial charge is 0.371 e. The molecule has 0 aliphatic carbocycles. The van der Waals surface area contributed by atoms with Crippen molar-refractivity contribution in [1.29, 1.82) is 0 Å². The lowest BCUT2D eigenvalue weighted by atomic mass is 9.99. The van der Waals surface area contributed by atoms with Crippen molar-refractivity contribution in [3.05, 3.63) is 0 Å². The van der Waals surface area contributed by atoms with Crippen molar-refractivity contribution in [2.45, 2.75) is 25.9 Å². The highest BCUT2D eigenvalue weighted by Gasteiger charge is 2.17. The van der Waals surface area contributed by atoms with E-state index in [0.717, 1.165) is 25.7 Å². The number of hydrogen-bond acceptors (Lipinski definition) is 2. The van der Waals surface area contributed by atoms with E-state index < -0.39 is 0 Å². The Hall–Kier alpha value is -0.370. The Balaban J connectivity index is 2.31. The summed E-state index contributed by atoms with van der Waals surface area (Å²) in [6, 6.07) is 0. The maximum atomic E-state index is 10.2. The molecule has 1 fully saturated rings. The summed E-state index contributed by atoms with van der Waals surface area (Å²) in [5.74, 6) is 0.661. The molecule has 9 heavy (non-hydrogen) atoms. The van der Waals surface area contributed by atoms with E-state index in [0.29, 0.717) is 5.92 Å². The Morgan fingerprint density at radius 3 is 2.89 bits per heavy atom. The van der Waals surface area contributed by atoms with Gasteiger partial charge in [-0.3, -0.25) is 0 Å². The summed E-state index contributed by atoms with van der Waals surface area (Å²) >= 11 is 0. The molecule has 1 saturated heterocycles. The summed E-state index contributed by atoms with van der Waals surface area (Å²) in [6.45, 7) is 2.91. The maximum absolute atomic E-state index is 10.2. The Morgan fingerprint density at radius 1 is 1.67 bits per heavy atom. The number of aldehydes is 1. The van der Waals surface area contributed by atoms with Crippen LogP contribution in [0.3, 0.4) is 0 Å². The van der Waals surface area contributed by atoms with Crippen molar-refractivity contribution >= 4 is 6.29 Å². The summed E-state index contributed by atoms with van der Waals surface area (Å²) < 4.78 is 5.13. The zero-order chi connectivity index (χ0) is 6.69. The van der Waals surface area contributed by atoms with Crippen LogP contribution in [-0.4, -0.2) is 19.0 Å². The molecule has 1 aliphatic rings. The predicted octanol–water partition coefficient (Wildman–Crippen LogP) is 1.00. The van der Waals surface area contributed by atoms with Gasteiger partial charge in [-0.15, -0.1) is 0 Å². The van der Waals surface area contributed by atoms with Gasteiger partial charge in [0.2, 0.25) is 0 Å². The lowest BCUT2D eigenvalue weighted by Gasteiger charge is -2.22. The second kappa shape index (κ2) is 2.97. The van der Waals surface area contributed by atoms with E-state index in [9.17, 15) is 4.79 Å². The Morgan fingerprint density at radius 2 is 2.44 bits per heavy atom. The van der Waals surface area contributed by atoms with Crippen molar-refractivity contribution in [1.82, 2.24) is 0 Å². The summed E-state index contributed by atoms with van der Waals surface area (Å²) in [4.78, 5) is 10.2. The minimum atomic E-state index is -0.117. The third-order valence-corrected chi connectivity index (χ3v) is 1.73. The second-order valence-electron chi connectivity index (χ2n) is 2.67. The highest BCUT2D eigenvalue weighted by molar-refractivity contribution is 5.56. The molecule has 2 atom stereocenters. The van der Waals surface area contributed by atoms with Crippen molar-refractivity contribution in [2.75, 3.05) is 6.61 Å². The van der Waals surface area contributed by atoms with Crippen LogP contribution in [0.25, 0.3) is 0 Å². The number of hydrogen-bond donors (Lipinski definition) is 0. The van der Waals surface area contributed by atoms with Crippen LogP contribution in [-0.2, 0) is 9.53 Å². The van der Waals surface area contributed by atoms with Crippen LogP contribution in [0.2, 0.25) is 0 Å². The third-order valence-electron chi connectivity index (χ3n) is 1.73. The van der Waals surface area contributed by atoms with Gasteiger partial charge in [0.15, 0.2) is 0 Å². The zero-order valence-corrected chi connectivity index (χ0v) is 5.67. The SMILES string of the molecule is C[C@H]1CCO[C@H](C=O)C1. The first-order chi connectivity index (χ1) is 4.33. The molecule has 1 heterocycles. The quantitative estimate of drug-likeness (QED) is 0.492. The van der Waals surface area contributed by atoms with Crippen LogP contribution in [0, 0.1) is 5.92 Å². The smallest absolute Gasteiger partial charge is 0.148 e. The van der Waals surface area contributed by atoms with Crippen molar-refractivity contribution in [2.24, 2.45) is 5.92 Å². The first-order valence-corrected chi connectivity index (χ1v) is 3.40. The molecule has 0 unspecified atom stereocenters. The fraction of sp³-hybridized carbons (Fsp3) is 0.857. The molecule has 1 aliphatic heterocycles. The van der Waals surface area contributed by atoms with Crippen LogP contribution in [0.4, 0.5) is 0 Å². The van der Waals surface area contributed by atoms with Gasteiger partial charge in [0, 0.05) is 6.61 Å². The topological polar surface area (TPSA) is 26.3 Å². The van der Waals surface area contributed by atoms with E-state index in [1.54, 1.807) is 0 Å². The molecular weight excluding hydrogens is 116 g/mol. The van der Waals surface area contributed by atoms with Gasteiger partial charge in [0.1, 0.15) is 12.4 Å². The second-order valence-corrected chi connectivity index (χ2v) is 2.67. The molecule has 2 heteroatoms. The maximum Gasteiger partial charge on any atom is 0.148 e. The fourth-order valence-corrected chi connectivity index (χ4v) is 1.10. The van der Waals surface area contributed by atoms with E-state index in [4.69, 9.17) is 4.74 Å². The Kier molecular flexibility index (Phi) is 2.22. The van der Waals surface area contributed by atoms with Gasteiger partial charge in [-0.2, -0.15) is 0 Å². The molecule has 0 spiro atoms. The van der Waals surface area contributed by atoms with Crippen molar-refractivity contribution < 1.29 is 9.53 Å². The molecular formula is C7H12O2. The molecule has 0 aromatic heterocycles. The number of carbonyl (C=O) groups is 1. The third kappa shape index (κ3) is 1.79. The van der Waals surface area contributed by atoms with Gasteiger partial charge >= 0.3 is 0 Å². The van der Waals surface area contributed by atoms with Gasteiger partial charge in [-0.1, -0.05) is 6.92 Å².